The quantitative estimate of drug-likeness (QED) is 0.104. The van der Waals surface area contributed by atoms with Gasteiger partial charge in [0.15, 0.2) is 0 Å². The fourth-order valence-electron chi connectivity index (χ4n) is 6.87. The van der Waals surface area contributed by atoms with E-state index < -0.39 is 8.07 Å². The van der Waals surface area contributed by atoms with Crippen LogP contribution in [0.5, 0.6) is 5.88 Å². The Morgan fingerprint density at radius 3 is 2.54 bits per heavy atom. The summed E-state index contributed by atoms with van der Waals surface area (Å²) in [4.78, 5) is 23.4. The van der Waals surface area contributed by atoms with Crippen LogP contribution in [-0.4, -0.2) is 73.7 Å². The van der Waals surface area contributed by atoms with Crippen molar-refractivity contribution in [2.75, 3.05) is 40.4 Å². The fraction of sp³-hybridized carbons (Fsp3) is 0.459. The Balaban J connectivity index is 1.33. The molecule has 1 unspecified atom stereocenters. The lowest BCUT2D eigenvalue weighted by atomic mass is 9.86. The van der Waals surface area contributed by atoms with Gasteiger partial charge < -0.3 is 28.6 Å². The molecule has 2 aliphatic heterocycles. The highest BCUT2D eigenvalue weighted by Gasteiger charge is 2.37. The van der Waals surface area contributed by atoms with E-state index in [4.69, 9.17) is 42.4 Å². The topological polar surface area (TPSA) is 69.1 Å². The average molecular weight is 710 g/mol. The maximum Gasteiger partial charge on any atom is 0.256 e. The van der Waals surface area contributed by atoms with Crippen molar-refractivity contribution >= 4 is 48.1 Å². The number of aromatic nitrogens is 2. The van der Waals surface area contributed by atoms with Crippen LogP contribution in [0.4, 0.5) is 0 Å². The lowest BCUT2D eigenvalue weighted by Crippen LogP contribution is -2.47. The fourth-order valence-corrected chi connectivity index (χ4v) is 8.29. The van der Waals surface area contributed by atoms with Crippen LogP contribution >= 0.6 is 23.2 Å². The molecule has 48 heavy (non-hydrogen) atoms. The molecular formula is C37H46Cl2N4O4Si. The number of rotatable bonds is 13. The molecule has 0 aliphatic carbocycles. The second-order valence-corrected chi connectivity index (χ2v) is 20.8. The predicted octanol–water partition coefficient (Wildman–Crippen LogP) is 7.99. The van der Waals surface area contributed by atoms with Gasteiger partial charge in [0.2, 0.25) is 5.88 Å². The maximum absolute atomic E-state index is 14.4. The summed E-state index contributed by atoms with van der Waals surface area (Å²) in [5.74, 6) is 0.648. The third-order valence-corrected chi connectivity index (χ3v) is 12.0. The highest BCUT2D eigenvalue weighted by Crippen LogP contribution is 2.43. The van der Waals surface area contributed by atoms with Crippen molar-refractivity contribution in [3.05, 3.63) is 92.2 Å². The van der Waals surface area contributed by atoms with Crippen molar-refractivity contribution in [2.24, 2.45) is 5.92 Å². The minimum atomic E-state index is -1.21. The van der Waals surface area contributed by atoms with Crippen LogP contribution in [0.15, 0.2) is 48.7 Å². The maximum atomic E-state index is 14.4. The molecule has 0 radical (unpaired) electrons. The number of pyridine rings is 1. The number of benzene rings is 2. The Hall–Kier alpha value is -2.92. The van der Waals surface area contributed by atoms with E-state index >= 15 is 0 Å². The molecule has 1 amide bonds. The minimum absolute atomic E-state index is 0.151. The van der Waals surface area contributed by atoms with Gasteiger partial charge in [0, 0.05) is 75.1 Å². The lowest BCUT2D eigenvalue weighted by Gasteiger charge is -2.41. The highest BCUT2D eigenvalue weighted by molar-refractivity contribution is 6.76. The van der Waals surface area contributed by atoms with Gasteiger partial charge in [0.05, 0.1) is 34.4 Å². The van der Waals surface area contributed by atoms with Crippen LogP contribution in [-0.2, 0) is 35.8 Å². The van der Waals surface area contributed by atoms with Crippen molar-refractivity contribution in [1.29, 1.82) is 0 Å². The average Bonchev–Trinajstić information content (AvgIpc) is 3.47. The summed E-state index contributed by atoms with van der Waals surface area (Å²) in [6, 6.07) is 15.1. The van der Waals surface area contributed by atoms with Gasteiger partial charge in [-0.15, -0.1) is 0 Å². The van der Waals surface area contributed by atoms with Gasteiger partial charge in [-0.1, -0.05) is 73.2 Å². The molecular weight excluding hydrogens is 663 g/mol. The van der Waals surface area contributed by atoms with E-state index in [0.29, 0.717) is 54.3 Å². The first-order valence-electron chi connectivity index (χ1n) is 16.7. The van der Waals surface area contributed by atoms with E-state index in [1.807, 2.05) is 54.4 Å². The largest absolute Gasteiger partial charge is 0.473 e. The van der Waals surface area contributed by atoms with Crippen LogP contribution in [0, 0.1) is 12.8 Å². The first kappa shape index (κ1) is 34.9. The number of nitrogens with zero attached hydrogens (tertiary/aromatic N) is 4. The molecule has 4 aromatic rings. The van der Waals surface area contributed by atoms with Crippen LogP contribution in [0.25, 0.3) is 10.9 Å². The molecule has 6 rings (SSSR count). The lowest BCUT2D eigenvalue weighted by molar-refractivity contribution is -0.0197. The molecule has 0 spiro atoms. The summed E-state index contributed by atoms with van der Waals surface area (Å²) < 4.78 is 20.6. The second-order valence-electron chi connectivity index (χ2n) is 14.4. The SMILES string of the molecule is COC(c1cc(Cl)c2c(c1Cl)C(=O)N(Cc1c(OCc3ccccc3)nc(C)c3c1ccn3COCC[Si](C)(C)C)CC2)C1CN(C)C1. The van der Waals surface area contributed by atoms with E-state index in [1.54, 1.807) is 7.11 Å². The summed E-state index contributed by atoms with van der Waals surface area (Å²) in [5, 5.41) is 1.98. The molecule has 256 valence electrons. The number of hydrogen-bond donors (Lipinski definition) is 0. The number of likely N-dealkylation sites (tertiary alicyclic amines) is 1. The van der Waals surface area contributed by atoms with Crippen molar-refractivity contribution in [3.63, 3.8) is 0 Å². The summed E-state index contributed by atoms with van der Waals surface area (Å²) in [7, 11) is 2.56. The first-order chi connectivity index (χ1) is 22.9. The molecule has 0 bridgehead atoms. The van der Waals surface area contributed by atoms with Crippen molar-refractivity contribution in [2.45, 2.75) is 65.0 Å². The number of carbonyl (C=O) groups is 1. The Kier molecular flexibility index (Phi) is 10.6. The van der Waals surface area contributed by atoms with E-state index in [-0.39, 0.29) is 17.9 Å². The number of aryl methyl sites for hydroxylation is 1. The molecule has 1 atom stereocenters. The van der Waals surface area contributed by atoms with Gasteiger partial charge in [-0.05, 0) is 49.7 Å². The summed E-state index contributed by atoms with van der Waals surface area (Å²) in [6.07, 6.45) is 2.39. The smallest absolute Gasteiger partial charge is 0.256 e. The minimum Gasteiger partial charge on any atom is -0.473 e. The standard InChI is InChI=1S/C37H46Cl2N4O4Si/c1-24-34-27(12-15-43(34)23-46-16-17-48(4,5)6)30(36(40-24)47-22-25-10-8-7-9-11-25)21-42-14-13-28-31(38)18-29(33(39)32(28)37(42)44)35(45-3)26-19-41(2)20-26/h7-12,15,18,26,35H,13-14,16-17,19-23H2,1-6H3. The van der Waals surface area contributed by atoms with Gasteiger partial charge >= 0.3 is 0 Å². The highest BCUT2D eigenvalue weighted by atomic mass is 35.5. The van der Waals surface area contributed by atoms with Crippen molar-refractivity contribution < 1.29 is 19.0 Å². The zero-order valence-electron chi connectivity index (χ0n) is 28.8. The van der Waals surface area contributed by atoms with E-state index in [9.17, 15) is 4.79 Å². The molecule has 0 N–H and O–H groups in total. The number of methoxy groups -OCH3 is 1. The molecule has 1 fully saturated rings. The monoisotopic (exact) mass is 708 g/mol. The van der Waals surface area contributed by atoms with Crippen molar-refractivity contribution in [3.8, 4) is 5.88 Å². The number of carbonyl (C=O) groups excluding carboxylic acids is 1. The number of ether oxygens (including phenoxy) is 3. The zero-order valence-corrected chi connectivity index (χ0v) is 31.3. The number of fused-ring (bicyclic) bond motifs is 2. The molecule has 2 aromatic carbocycles. The third kappa shape index (κ3) is 7.32. The predicted molar refractivity (Wildman–Crippen MR) is 195 cm³/mol. The van der Waals surface area contributed by atoms with Crippen molar-refractivity contribution in [1.82, 2.24) is 19.4 Å². The van der Waals surface area contributed by atoms with Crippen LogP contribution < -0.4 is 4.74 Å². The van der Waals surface area contributed by atoms with Gasteiger partial charge in [-0.2, -0.15) is 0 Å². The Morgan fingerprint density at radius 2 is 1.85 bits per heavy atom. The molecule has 11 heteroatoms. The normalized spacial score (nSPS) is 16.3. The summed E-state index contributed by atoms with van der Waals surface area (Å²) >= 11 is 14.0. The van der Waals surface area contributed by atoms with E-state index in [1.165, 1.54) is 0 Å². The van der Waals surface area contributed by atoms with Gasteiger partial charge in [-0.3, -0.25) is 4.79 Å². The zero-order chi connectivity index (χ0) is 34.2. The molecule has 4 heterocycles. The summed E-state index contributed by atoms with van der Waals surface area (Å²) in [6.45, 7) is 13.2. The van der Waals surface area contributed by atoms with Gasteiger partial charge in [0.1, 0.15) is 13.3 Å². The summed E-state index contributed by atoms with van der Waals surface area (Å²) in [5.41, 5.74) is 5.75. The Labute approximate surface area is 294 Å². The number of halogens is 2. The second kappa shape index (κ2) is 14.5. The number of amides is 1. The van der Waals surface area contributed by atoms with Gasteiger partial charge in [-0.25, -0.2) is 4.98 Å². The van der Waals surface area contributed by atoms with Crippen LogP contribution in [0.3, 0.4) is 0 Å². The van der Waals surface area contributed by atoms with E-state index in [2.05, 4.69) is 42.2 Å². The van der Waals surface area contributed by atoms with Crippen LogP contribution in [0.1, 0.15) is 44.4 Å². The molecule has 2 aromatic heterocycles. The van der Waals surface area contributed by atoms with Crippen LogP contribution in [0.2, 0.25) is 35.7 Å². The molecule has 2 aliphatic rings. The Bertz CT molecular complexity index is 1790. The van der Waals surface area contributed by atoms with E-state index in [0.717, 1.165) is 64.6 Å². The molecule has 0 saturated carbocycles. The molecule has 8 nitrogen and oxygen atoms in total. The third-order valence-electron chi connectivity index (χ3n) is 9.51. The first-order valence-corrected chi connectivity index (χ1v) is 21.2. The number of hydrogen-bond acceptors (Lipinski definition) is 6. The van der Waals surface area contributed by atoms with Gasteiger partial charge in [0.25, 0.3) is 5.91 Å². The molecule has 1 saturated heterocycles. The Morgan fingerprint density at radius 1 is 1.10 bits per heavy atom.